The molecule has 0 unspecified atom stereocenters. The van der Waals surface area contributed by atoms with E-state index in [1.54, 1.807) is 6.07 Å². The first-order valence-corrected chi connectivity index (χ1v) is 14.7. The smallest absolute Gasteiger partial charge is 0.429 e. The van der Waals surface area contributed by atoms with Gasteiger partial charge >= 0.3 is 6.11 Å². The molecular formula is C36H30F8O. The minimum atomic E-state index is -4.70. The zero-order chi connectivity index (χ0) is 32.3. The van der Waals surface area contributed by atoms with Crippen molar-refractivity contribution in [2.24, 2.45) is 5.92 Å². The van der Waals surface area contributed by atoms with Crippen LogP contribution in [0, 0.1) is 40.8 Å². The molecule has 45 heavy (non-hydrogen) atoms. The first-order chi connectivity index (χ1) is 21.5. The molecule has 4 aromatic rings. The van der Waals surface area contributed by atoms with Gasteiger partial charge in [0.1, 0.15) is 46.2 Å². The second-order valence-corrected chi connectivity index (χ2v) is 11.3. The number of benzene rings is 4. The van der Waals surface area contributed by atoms with Gasteiger partial charge in [0.15, 0.2) is 0 Å². The third-order valence-corrected chi connectivity index (χ3v) is 8.33. The van der Waals surface area contributed by atoms with Crippen LogP contribution in [-0.4, -0.2) is 0 Å². The summed E-state index contributed by atoms with van der Waals surface area (Å²) in [4.78, 5) is 0. The van der Waals surface area contributed by atoms with Crippen molar-refractivity contribution in [3.8, 4) is 28.0 Å². The Labute approximate surface area is 256 Å². The maximum atomic E-state index is 15.2. The molecule has 0 N–H and O–H groups in total. The standard InChI is InChI=1S/C36H30F8O/c1-2-3-4-5-21-6-8-22(9-7-21)24-12-15-28(29(38)16-24)25-17-32(41)35(33(42)18-25)36(43,44)45-27-19-30(39)34(31(40)20-27)23-10-13-26(37)14-11-23/h2-3,10-22H,4-9H2,1H3/b3-2+. The van der Waals surface area contributed by atoms with E-state index in [2.05, 4.69) is 10.8 Å². The van der Waals surface area contributed by atoms with E-state index in [9.17, 15) is 13.2 Å². The quantitative estimate of drug-likeness (QED) is 0.132. The molecule has 0 heterocycles. The Morgan fingerprint density at radius 2 is 1.33 bits per heavy atom. The van der Waals surface area contributed by atoms with Crippen LogP contribution in [0.5, 0.6) is 5.75 Å². The molecule has 1 nitrogen and oxygen atoms in total. The van der Waals surface area contributed by atoms with E-state index in [0.717, 1.165) is 68.4 Å². The molecular weight excluding hydrogens is 600 g/mol. The summed E-state index contributed by atoms with van der Waals surface area (Å²) in [5.41, 5.74) is -2.22. The maximum absolute atomic E-state index is 15.2. The van der Waals surface area contributed by atoms with Crippen molar-refractivity contribution in [3.05, 3.63) is 125 Å². The third kappa shape index (κ3) is 7.24. The molecule has 0 atom stereocenters. The summed E-state index contributed by atoms with van der Waals surface area (Å²) in [5, 5.41) is 0. The van der Waals surface area contributed by atoms with Crippen LogP contribution in [0.2, 0.25) is 0 Å². The number of hydrogen-bond acceptors (Lipinski definition) is 1. The monoisotopic (exact) mass is 630 g/mol. The molecule has 236 valence electrons. The second-order valence-electron chi connectivity index (χ2n) is 11.3. The van der Waals surface area contributed by atoms with Crippen LogP contribution in [0.3, 0.4) is 0 Å². The average molecular weight is 631 g/mol. The van der Waals surface area contributed by atoms with E-state index in [4.69, 9.17) is 0 Å². The fourth-order valence-electron chi connectivity index (χ4n) is 6.01. The van der Waals surface area contributed by atoms with Gasteiger partial charge in [-0.15, -0.1) is 0 Å². The maximum Gasteiger partial charge on any atom is 0.432 e. The lowest BCUT2D eigenvalue weighted by atomic mass is 9.77. The minimum absolute atomic E-state index is 0.0688. The highest BCUT2D eigenvalue weighted by atomic mass is 19.3. The number of halogens is 8. The number of alkyl halides is 2. The van der Waals surface area contributed by atoms with Crippen LogP contribution in [0.25, 0.3) is 22.3 Å². The van der Waals surface area contributed by atoms with Crippen LogP contribution < -0.4 is 4.74 Å². The van der Waals surface area contributed by atoms with Crippen LogP contribution >= 0.6 is 0 Å². The molecule has 5 rings (SSSR count). The van der Waals surface area contributed by atoms with Crippen molar-refractivity contribution in [1.82, 2.24) is 0 Å². The molecule has 9 heteroatoms. The predicted octanol–water partition coefficient (Wildman–Crippen LogP) is 11.6. The fraction of sp³-hybridized carbons (Fsp3) is 0.278. The Kier molecular flexibility index (Phi) is 9.65. The van der Waals surface area contributed by atoms with Crippen molar-refractivity contribution in [3.63, 3.8) is 0 Å². The van der Waals surface area contributed by atoms with E-state index < -0.39 is 57.9 Å². The van der Waals surface area contributed by atoms with Crippen molar-refractivity contribution in [2.75, 3.05) is 0 Å². The molecule has 0 bridgehead atoms. The third-order valence-electron chi connectivity index (χ3n) is 8.33. The highest BCUT2D eigenvalue weighted by Crippen LogP contribution is 2.41. The van der Waals surface area contributed by atoms with Gasteiger partial charge in [0.2, 0.25) is 0 Å². The largest absolute Gasteiger partial charge is 0.432 e. The first-order valence-electron chi connectivity index (χ1n) is 14.7. The van der Waals surface area contributed by atoms with E-state index in [1.807, 2.05) is 13.0 Å². The Balaban J connectivity index is 1.33. The van der Waals surface area contributed by atoms with Gasteiger partial charge in [-0.1, -0.05) is 36.4 Å². The van der Waals surface area contributed by atoms with Gasteiger partial charge in [0, 0.05) is 17.7 Å². The van der Waals surface area contributed by atoms with Gasteiger partial charge in [0.25, 0.3) is 0 Å². The number of hydrogen-bond donors (Lipinski definition) is 0. The number of rotatable bonds is 9. The molecule has 0 aromatic heterocycles. The average Bonchev–Trinajstić information content (AvgIpc) is 2.97. The lowest BCUT2D eigenvalue weighted by Gasteiger charge is -2.29. The van der Waals surface area contributed by atoms with Crippen LogP contribution in [0.4, 0.5) is 35.1 Å². The summed E-state index contributed by atoms with van der Waals surface area (Å²) in [7, 11) is 0. The van der Waals surface area contributed by atoms with E-state index in [1.165, 1.54) is 12.1 Å². The van der Waals surface area contributed by atoms with Gasteiger partial charge in [-0.25, -0.2) is 26.3 Å². The second kappa shape index (κ2) is 13.5. The van der Waals surface area contributed by atoms with Gasteiger partial charge in [-0.3, -0.25) is 0 Å². The predicted molar refractivity (Wildman–Crippen MR) is 157 cm³/mol. The normalized spacial score (nSPS) is 17.2. The molecule has 0 spiro atoms. The van der Waals surface area contributed by atoms with Crippen LogP contribution in [0.15, 0.2) is 78.9 Å². The van der Waals surface area contributed by atoms with Crippen molar-refractivity contribution < 1.29 is 39.9 Å². The molecule has 1 fully saturated rings. The number of allylic oxidation sites excluding steroid dienone is 2. The van der Waals surface area contributed by atoms with Crippen LogP contribution in [0.1, 0.15) is 62.5 Å². The Morgan fingerprint density at radius 3 is 1.91 bits per heavy atom. The highest BCUT2D eigenvalue weighted by Gasteiger charge is 2.41. The van der Waals surface area contributed by atoms with Crippen molar-refractivity contribution >= 4 is 0 Å². The van der Waals surface area contributed by atoms with Gasteiger partial charge in [0.05, 0.1) is 5.56 Å². The van der Waals surface area contributed by atoms with E-state index in [-0.39, 0.29) is 22.6 Å². The van der Waals surface area contributed by atoms with E-state index >= 15 is 22.0 Å². The highest BCUT2D eigenvalue weighted by molar-refractivity contribution is 5.67. The Bertz CT molecular complexity index is 1640. The number of ether oxygens (including phenoxy) is 1. The molecule has 0 amide bonds. The summed E-state index contributed by atoms with van der Waals surface area (Å²) >= 11 is 0. The zero-order valence-electron chi connectivity index (χ0n) is 24.3. The summed E-state index contributed by atoms with van der Waals surface area (Å²) in [6.45, 7) is 1.99. The zero-order valence-corrected chi connectivity index (χ0v) is 24.3. The van der Waals surface area contributed by atoms with Crippen molar-refractivity contribution in [1.29, 1.82) is 0 Å². The summed E-state index contributed by atoms with van der Waals surface area (Å²) < 4.78 is 122. The van der Waals surface area contributed by atoms with Crippen LogP contribution in [-0.2, 0) is 6.11 Å². The van der Waals surface area contributed by atoms with Gasteiger partial charge in [-0.2, -0.15) is 8.78 Å². The molecule has 0 aliphatic heterocycles. The van der Waals surface area contributed by atoms with E-state index in [0.29, 0.717) is 30.2 Å². The van der Waals surface area contributed by atoms with Gasteiger partial charge in [-0.05, 0) is 104 Å². The summed E-state index contributed by atoms with van der Waals surface area (Å²) in [5.74, 6) is -7.79. The van der Waals surface area contributed by atoms with Gasteiger partial charge < -0.3 is 4.74 Å². The Morgan fingerprint density at radius 1 is 0.711 bits per heavy atom. The molecule has 1 aliphatic carbocycles. The summed E-state index contributed by atoms with van der Waals surface area (Å²) in [6, 6.07) is 10.4. The Hall–Kier alpha value is -4.14. The topological polar surface area (TPSA) is 9.23 Å². The molecule has 0 radical (unpaired) electrons. The lowest BCUT2D eigenvalue weighted by molar-refractivity contribution is -0.189. The van der Waals surface area contributed by atoms with Crippen molar-refractivity contribution in [2.45, 2.75) is 57.5 Å². The molecule has 4 aromatic carbocycles. The first kappa shape index (κ1) is 32.3. The SMILES string of the molecule is C/C=C/CCC1CCC(c2ccc(-c3cc(F)c(C(F)(F)Oc4cc(F)c(-c5ccc(F)cc5)c(F)c4)c(F)c3)c(F)c2)CC1. The summed E-state index contributed by atoms with van der Waals surface area (Å²) in [6.07, 6.45) is 5.46. The minimum Gasteiger partial charge on any atom is -0.429 e. The lowest BCUT2D eigenvalue weighted by Crippen LogP contribution is -2.25. The molecule has 0 saturated heterocycles. The fourth-order valence-corrected chi connectivity index (χ4v) is 6.01. The molecule has 1 saturated carbocycles. The molecule has 1 aliphatic rings.